The first-order chi connectivity index (χ1) is 8.99. The minimum absolute atomic E-state index is 0.0383. The number of carbonyl (C=O) groups excluding carboxylic acids is 1. The van der Waals surface area contributed by atoms with Gasteiger partial charge >= 0.3 is 0 Å². The summed E-state index contributed by atoms with van der Waals surface area (Å²) in [5.74, 6) is 0.741. The third-order valence-electron chi connectivity index (χ3n) is 4.12. The molecule has 2 N–H and O–H groups in total. The number of carbonyl (C=O) groups is 1. The number of hydrogen-bond acceptors (Lipinski definition) is 3. The van der Waals surface area contributed by atoms with Crippen LogP contribution in [-0.4, -0.2) is 28.9 Å². The maximum atomic E-state index is 12.6. The summed E-state index contributed by atoms with van der Waals surface area (Å²) in [6.45, 7) is 4.11. The van der Waals surface area contributed by atoms with Crippen LogP contribution < -0.4 is 5.73 Å². The van der Waals surface area contributed by atoms with Crippen LogP contribution in [0.1, 0.15) is 48.7 Å². The zero-order valence-corrected chi connectivity index (χ0v) is 12.0. The molecule has 19 heavy (non-hydrogen) atoms. The van der Waals surface area contributed by atoms with E-state index >= 15 is 0 Å². The van der Waals surface area contributed by atoms with Crippen molar-refractivity contribution in [1.82, 2.24) is 9.88 Å². The first-order valence-corrected chi connectivity index (χ1v) is 6.98. The Kier molecular flexibility index (Phi) is 4.08. The molecular weight excluding hydrogens is 238 g/mol. The number of nitrogen functional groups attached to an aromatic ring is 1. The lowest BCUT2D eigenvalue weighted by atomic mass is 9.86. The van der Waals surface area contributed by atoms with E-state index in [1.165, 1.54) is 12.8 Å². The standard InChI is InChI=1S/C15H23N3O/c1-10-5-4-6-13(7-10)18(3)15(19)14-8-12(16)9-17-11(14)2/h8-10,13H,4-7,16H2,1-3H3. The fourth-order valence-corrected chi connectivity index (χ4v) is 2.88. The smallest absolute Gasteiger partial charge is 0.255 e. The topological polar surface area (TPSA) is 59.2 Å². The molecule has 1 aromatic rings. The Bertz CT molecular complexity index is 472. The van der Waals surface area contributed by atoms with Crippen LogP contribution in [0.2, 0.25) is 0 Å². The number of pyridine rings is 1. The first-order valence-electron chi connectivity index (χ1n) is 6.98. The maximum Gasteiger partial charge on any atom is 0.255 e. The normalized spacial score (nSPS) is 23.1. The van der Waals surface area contributed by atoms with Crippen LogP contribution >= 0.6 is 0 Å². The number of hydrogen-bond donors (Lipinski definition) is 1. The number of nitrogens with zero attached hydrogens (tertiary/aromatic N) is 2. The fourth-order valence-electron chi connectivity index (χ4n) is 2.88. The van der Waals surface area contributed by atoms with Crippen molar-refractivity contribution in [3.8, 4) is 0 Å². The summed E-state index contributed by atoms with van der Waals surface area (Å²) >= 11 is 0. The molecular formula is C15H23N3O. The van der Waals surface area contributed by atoms with E-state index in [1.54, 1.807) is 12.3 Å². The number of aryl methyl sites for hydroxylation is 1. The van der Waals surface area contributed by atoms with Gasteiger partial charge in [-0.15, -0.1) is 0 Å². The van der Waals surface area contributed by atoms with Crippen molar-refractivity contribution >= 4 is 11.6 Å². The van der Waals surface area contributed by atoms with Crippen LogP contribution in [0.4, 0.5) is 5.69 Å². The fraction of sp³-hybridized carbons (Fsp3) is 0.600. The van der Waals surface area contributed by atoms with E-state index in [4.69, 9.17) is 5.73 Å². The van der Waals surface area contributed by atoms with Crippen LogP contribution in [0.3, 0.4) is 0 Å². The molecule has 4 heteroatoms. The molecule has 2 atom stereocenters. The Morgan fingerprint density at radius 2 is 2.21 bits per heavy atom. The number of aromatic nitrogens is 1. The second kappa shape index (κ2) is 5.59. The van der Waals surface area contributed by atoms with Crippen molar-refractivity contribution in [3.63, 3.8) is 0 Å². The van der Waals surface area contributed by atoms with Crippen LogP contribution in [-0.2, 0) is 0 Å². The molecule has 0 aliphatic heterocycles. The van der Waals surface area contributed by atoms with Crippen molar-refractivity contribution < 1.29 is 4.79 Å². The highest BCUT2D eigenvalue weighted by Crippen LogP contribution is 2.27. The lowest BCUT2D eigenvalue weighted by Crippen LogP contribution is -2.40. The third-order valence-corrected chi connectivity index (χ3v) is 4.12. The summed E-state index contributed by atoms with van der Waals surface area (Å²) in [6, 6.07) is 2.07. The molecule has 1 aliphatic rings. The van der Waals surface area contributed by atoms with E-state index in [0.29, 0.717) is 23.2 Å². The predicted molar refractivity (Wildman–Crippen MR) is 76.9 cm³/mol. The van der Waals surface area contributed by atoms with Crippen molar-refractivity contribution in [1.29, 1.82) is 0 Å². The van der Waals surface area contributed by atoms with Gasteiger partial charge in [0.15, 0.2) is 0 Å². The molecule has 1 fully saturated rings. The quantitative estimate of drug-likeness (QED) is 0.890. The lowest BCUT2D eigenvalue weighted by Gasteiger charge is -2.34. The Balaban J connectivity index is 2.16. The SMILES string of the molecule is Cc1ncc(N)cc1C(=O)N(C)C1CCCC(C)C1. The number of rotatable bonds is 2. The van der Waals surface area contributed by atoms with Gasteiger partial charge in [0.2, 0.25) is 0 Å². The maximum absolute atomic E-state index is 12.6. The van der Waals surface area contributed by atoms with Gasteiger partial charge in [0.05, 0.1) is 23.1 Å². The van der Waals surface area contributed by atoms with Gasteiger partial charge in [-0.3, -0.25) is 9.78 Å². The Morgan fingerprint density at radius 3 is 2.89 bits per heavy atom. The van der Waals surface area contributed by atoms with E-state index in [-0.39, 0.29) is 5.91 Å². The second-order valence-electron chi connectivity index (χ2n) is 5.74. The molecule has 1 aliphatic carbocycles. The average molecular weight is 261 g/mol. The minimum Gasteiger partial charge on any atom is -0.397 e. The van der Waals surface area contributed by atoms with Gasteiger partial charge in [0, 0.05) is 13.1 Å². The van der Waals surface area contributed by atoms with Gasteiger partial charge in [-0.05, 0) is 31.7 Å². The zero-order valence-electron chi connectivity index (χ0n) is 12.0. The monoisotopic (exact) mass is 261 g/mol. The molecule has 0 radical (unpaired) electrons. The summed E-state index contributed by atoms with van der Waals surface area (Å²) in [6.07, 6.45) is 6.27. The van der Waals surface area contributed by atoms with Crippen LogP contribution in [0, 0.1) is 12.8 Å². The predicted octanol–water partition coefficient (Wildman–Crippen LogP) is 2.62. The van der Waals surface area contributed by atoms with Crippen molar-refractivity contribution in [2.75, 3.05) is 12.8 Å². The molecule has 1 saturated carbocycles. The molecule has 1 amide bonds. The summed E-state index contributed by atoms with van der Waals surface area (Å²) < 4.78 is 0. The number of nitrogens with two attached hydrogens (primary N) is 1. The molecule has 0 spiro atoms. The molecule has 104 valence electrons. The highest BCUT2D eigenvalue weighted by atomic mass is 16.2. The first kappa shape index (κ1) is 13.8. The summed E-state index contributed by atoms with van der Waals surface area (Å²) in [5, 5.41) is 0. The van der Waals surface area contributed by atoms with Crippen molar-refractivity contribution in [3.05, 3.63) is 23.5 Å². The lowest BCUT2D eigenvalue weighted by molar-refractivity contribution is 0.0671. The van der Waals surface area contributed by atoms with Crippen LogP contribution in [0.25, 0.3) is 0 Å². The van der Waals surface area contributed by atoms with E-state index in [2.05, 4.69) is 11.9 Å². The Morgan fingerprint density at radius 1 is 1.47 bits per heavy atom. The zero-order chi connectivity index (χ0) is 14.0. The Labute approximate surface area is 115 Å². The molecule has 0 saturated heterocycles. The number of anilines is 1. The van der Waals surface area contributed by atoms with E-state index in [9.17, 15) is 4.79 Å². The summed E-state index contributed by atoms with van der Waals surface area (Å²) in [5.41, 5.74) is 7.64. The molecule has 1 heterocycles. The van der Waals surface area contributed by atoms with Gasteiger partial charge in [-0.1, -0.05) is 19.8 Å². The highest BCUT2D eigenvalue weighted by molar-refractivity contribution is 5.96. The molecule has 2 unspecified atom stereocenters. The van der Waals surface area contributed by atoms with Crippen molar-refractivity contribution in [2.24, 2.45) is 5.92 Å². The third kappa shape index (κ3) is 3.06. The van der Waals surface area contributed by atoms with Gasteiger partial charge in [0.25, 0.3) is 5.91 Å². The van der Waals surface area contributed by atoms with E-state index < -0.39 is 0 Å². The van der Waals surface area contributed by atoms with Gasteiger partial charge in [-0.25, -0.2) is 0 Å². The van der Waals surface area contributed by atoms with E-state index in [0.717, 1.165) is 18.5 Å². The summed E-state index contributed by atoms with van der Waals surface area (Å²) in [4.78, 5) is 18.6. The molecule has 0 bridgehead atoms. The van der Waals surface area contributed by atoms with Crippen LogP contribution in [0.5, 0.6) is 0 Å². The summed E-state index contributed by atoms with van der Waals surface area (Å²) in [7, 11) is 1.90. The largest absolute Gasteiger partial charge is 0.397 e. The highest BCUT2D eigenvalue weighted by Gasteiger charge is 2.26. The van der Waals surface area contributed by atoms with Gasteiger partial charge in [0.1, 0.15) is 0 Å². The number of amides is 1. The Hall–Kier alpha value is -1.58. The molecule has 0 aromatic carbocycles. The van der Waals surface area contributed by atoms with E-state index in [1.807, 2.05) is 18.9 Å². The second-order valence-corrected chi connectivity index (χ2v) is 5.74. The van der Waals surface area contributed by atoms with Crippen LogP contribution in [0.15, 0.2) is 12.3 Å². The minimum atomic E-state index is 0.0383. The molecule has 2 rings (SSSR count). The van der Waals surface area contributed by atoms with Gasteiger partial charge in [-0.2, -0.15) is 0 Å². The molecule has 1 aromatic heterocycles. The van der Waals surface area contributed by atoms with Gasteiger partial charge < -0.3 is 10.6 Å². The van der Waals surface area contributed by atoms with Crippen molar-refractivity contribution in [2.45, 2.75) is 45.6 Å². The average Bonchev–Trinajstić information content (AvgIpc) is 2.40. The molecule has 4 nitrogen and oxygen atoms in total.